The van der Waals surface area contributed by atoms with Crippen LogP contribution in [0.3, 0.4) is 0 Å². The molecule has 1 aliphatic rings. The molecule has 0 aliphatic heterocycles. The smallest absolute Gasteiger partial charge is 0.451 e. The van der Waals surface area contributed by atoms with Gasteiger partial charge in [-0.1, -0.05) is 12.8 Å². The van der Waals surface area contributed by atoms with Crippen LogP contribution in [0.15, 0.2) is 0 Å². The van der Waals surface area contributed by atoms with Crippen molar-refractivity contribution in [1.82, 2.24) is 5.32 Å². The van der Waals surface area contributed by atoms with Crippen molar-refractivity contribution >= 4 is 13.1 Å². The van der Waals surface area contributed by atoms with Gasteiger partial charge < -0.3 is 20.5 Å². The number of hydrogen-bond acceptors (Lipinski definition) is 4. The Morgan fingerprint density at radius 2 is 2.18 bits per heavy atom. The van der Waals surface area contributed by atoms with Crippen molar-refractivity contribution in [2.75, 3.05) is 7.05 Å². The number of rotatable bonds is 7. The predicted octanol–water partition coefficient (Wildman–Crippen LogP) is 0.472. The first-order valence-corrected chi connectivity index (χ1v) is 6.27. The zero-order valence-electron chi connectivity index (χ0n) is 10.4. The summed E-state index contributed by atoms with van der Waals surface area (Å²) in [5.74, 6) is -0.709. The number of aliphatic carboxylic acids is 1. The van der Waals surface area contributed by atoms with Gasteiger partial charge in [-0.15, -0.1) is 0 Å². The van der Waals surface area contributed by atoms with Crippen LogP contribution >= 0.6 is 0 Å². The number of carboxylic acid groups (broad SMARTS) is 1. The number of hydrogen-bond donors (Lipinski definition) is 4. The van der Waals surface area contributed by atoms with Crippen LogP contribution in [0.1, 0.15) is 38.5 Å². The van der Waals surface area contributed by atoms with E-state index in [0.717, 1.165) is 19.3 Å². The monoisotopic (exact) mass is 243 g/mol. The molecule has 1 rings (SSSR count). The Hall–Kier alpha value is -0.585. The lowest BCUT2D eigenvalue weighted by Gasteiger charge is -2.24. The molecule has 0 aromatic heterocycles. The van der Waals surface area contributed by atoms with E-state index in [2.05, 4.69) is 5.32 Å². The Morgan fingerprint density at radius 1 is 1.47 bits per heavy atom. The van der Waals surface area contributed by atoms with Gasteiger partial charge in [0.15, 0.2) is 0 Å². The summed E-state index contributed by atoms with van der Waals surface area (Å²) in [6.07, 6.45) is 4.66. The van der Waals surface area contributed by atoms with Gasteiger partial charge in [0, 0.05) is 6.04 Å². The third-order valence-electron chi connectivity index (χ3n) is 3.84. The lowest BCUT2D eigenvalue weighted by molar-refractivity contribution is -0.149. The first-order valence-electron chi connectivity index (χ1n) is 6.27. The fourth-order valence-corrected chi connectivity index (χ4v) is 2.69. The summed E-state index contributed by atoms with van der Waals surface area (Å²) < 4.78 is 0. The second kappa shape index (κ2) is 6.38. The molecule has 1 fully saturated rings. The van der Waals surface area contributed by atoms with E-state index >= 15 is 0 Å². The molecule has 1 saturated carbocycles. The van der Waals surface area contributed by atoms with Crippen LogP contribution in [0.25, 0.3) is 0 Å². The molecule has 0 amide bonds. The van der Waals surface area contributed by atoms with E-state index in [1.165, 1.54) is 0 Å². The van der Waals surface area contributed by atoms with Crippen molar-refractivity contribution in [1.29, 1.82) is 0 Å². The summed E-state index contributed by atoms with van der Waals surface area (Å²) in [4.78, 5) is 11.4. The van der Waals surface area contributed by atoms with Crippen molar-refractivity contribution in [2.24, 2.45) is 5.41 Å². The highest BCUT2D eigenvalue weighted by molar-refractivity contribution is 6.40. The van der Waals surface area contributed by atoms with Gasteiger partial charge in [-0.25, -0.2) is 0 Å². The largest absolute Gasteiger partial charge is 0.481 e. The Labute approximate surface area is 102 Å². The molecule has 0 saturated heterocycles. The van der Waals surface area contributed by atoms with Crippen LogP contribution in [0.2, 0.25) is 6.32 Å². The Bertz CT molecular complexity index is 262. The van der Waals surface area contributed by atoms with Crippen LogP contribution in [0.5, 0.6) is 0 Å². The average Bonchev–Trinajstić information content (AvgIpc) is 2.69. The molecular formula is C11H22BNO4. The van der Waals surface area contributed by atoms with E-state index in [9.17, 15) is 9.90 Å². The number of unbranched alkanes of at least 4 members (excludes halogenated alkanes) is 1. The second-order valence-electron chi connectivity index (χ2n) is 5.04. The molecule has 0 bridgehead atoms. The van der Waals surface area contributed by atoms with Crippen LogP contribution < -0.4 is 5.32 Å². The lowest BCUT2D eigenvalue weighted by Crippen LogP contribution is -2.31. The molecule has 0 spiro atoms. The molecule has 5 nitrogen and oxygen atoms in total. The maximum absolute atomic E-state index is 11.4. The Morgan fingerprint density at radius 3 is 2.65 bits per heavy atom. The third kappa shape index (κ3) is 3.98. The quantitative estimate of drug-likeness (QED) is 0.385. The number of carboxylic acids is 1. The molecular weight excluding hydrogens is 221 g/mol. The Balaban J connectivity index is 2.42. The van der Waals surface area contributed by atoms with Gasteiger partial charge in [0.05, 0.1) is 5.41 Å². The average molecular weight is 243 g/mol. The van der Waals surface area contributed by atoms with Crippen molar-refractivity contribution in [2.45, 2.75) is 50.9 Å². The van der Waals surface area contributed by atoms with Gasteiger partial charge in [0.25, 0.3) is 0 Å². The van der Waals surface area contributed by atoms with E-state index in [1.54, 1.807) is 0 Å². The molecule has 0 aromatic carbocycles. The fourth-order valence-electron chi connectivity index (χ4n) is 2.69. The minimum Gasteiger partial charge on any atom is -0.481 e. The summed E-state index contributed by atoms with van der Waals surface area (Å²) in [7, 11) is 0.592. The number of nitrogens with one attached hydrogen (secondary N) is 1. The molecule has 0 radical (unpaired) electrons. The van der Waals surface area contributed by atoms with E-state index in [-0.39, 0.29) is 0 Å². The minimum absolute atomic E-state index is 0.300. The summed E-state index contributed by atoms with van der Waals surface area (Å²) in [5.41, 5.74) is -0.603. The molecule has 17 heavy (non-hydrogen) atoms. The van der Waals surface area contributed by atoms with Gasteiger partial charge in [0.1, 0.15) is 0 Å². The summed E-state index contributed by atoms with van der Waals surface area (Å²) in [6.45, 7) is 0. The van der Waals surface area contributed by atoms with Gasteiger partial charge in [-0.05, 0) is 39.1 Å². The zero-order chi connectivity index (χ0) is 12.9. The highest BCUT2D eigenvalue weighted by Crippen LogP contribution is 2.42. The summed E-state index contributed by atoms with van der Waals surface area (Å²) in [6, 6.07) is 0.300. The topological polar surface area (TPSA) is 89.8 Å². The number of carbonyl (C=O) groups is 1. The van der Waals surface area contributed by atoms with Gasteiger partial charge in [-0.3, -0.25) is 4.79 Å². The summed E-state index contributed by atoms with van der Waals surface area (Å²) >= 11 is 0. The maximum Gasteiger partial charge on any atom is 0.451 e. The summed E-state index contributed by atoms with van der Waals surface area (Å²) in [5, 5.41) is 30.0. The molecule has 0 heterocycles. The highest BCUT2D eigenvalue weighted by atomic mass is 16.4. The molecule has 4 N–H and O–H groups in total. The van der Waals surface area contributed by atoms with Crippen LogP contribution in [0.4, 0.5) is 0 Å². The van der Waals surface area contributed by atoms with Gasteiger partial charge in [0.2, 0.25) is 0 Å². The van der Waals surface area contributed by atoms with Crippen LogP contribution in [-0.2, 0) is 4.79 Å². The van der Waals surface area contributed by atoms with E-state index in [1.807, 2.05) is 7.05 Å². The zero-order valence-corrected chi connectivity index (χ0v) is 10.4. The van der Waals surface area contributed by atoms with Crippen LogP contribution in [-0.4, -0.2) is 41.3 Å². The van der Waals surface area contributed by atoms with E-state index < -0.39 is 18.5 Å². The van der Waals surface area contributed by atoms with Gasteiger partial charge in [-0.2, -0.15) is 0 Å². The fraction of sp³-hybridized carbons (Fsp3) is 0.909. The normalized spacial score (nSPS) is 28.3. The molecule has 1 aliphatic carbocycles. The molecule has 98 valence electrons. The van der Waals surface area contributed by atoms with Crippen LogP contribution in [0, 0.1) is 5.41 Å². The highest BCUT2D eigenvalue weighted by Gasteiger charge is 2.44. The van der Waals surface area contributed by atoms with E-state index in [4.69, 9.17) is 10.0 Å². The van der Waals surface area contributed by atoms with E-state index in [0.29, 0.717) is 31.6 Å². The third-order valence-corrected chi connectivity index (χ3v) is 3.84. The molecule has 0 unspecified atom stereocenters. The maximum atomic E-state index is 11.4. The van der Waals surface area contributed by atoms with Gasteiger partial charge >= 0.3 is 13.1 Å². The van der Waals surface area contributed by atoms with Crippen molar-refractivity contribution in [3.63, 3.8) is 0 Å². The van der Waals surface area contributed by atoms with Crippen molar-refractivity contribution < 1.29 is 19.9 Å². The minimum atomic E-state index is -1.27. The lowest BCUT2D eigenvalue weighted by atomic mass is 9.78. The molecule has 6 heteroatoms. The molecule has 0 aromatic rings. The molecule has 2 atom stereocenters. The Kier molecular flexibility index (Phi) is 5.43. The van der Waals surface area contributed by atoms with Crippen molar-refractivity contribution in [3.05, 3.63) is 0 Å². The first kappa shape index (κ1) is 14.5. The predicted molar refractivity (Wildman–Crippen MR) is 65.6 cm³/mol. The SMILES string of the molecule is CN[C@H]1CC[C@](CCCCB(O)O)(C(=O)O)C1. The first-order chi connectivity index (χ1) is 8.00. The van der Waals surface area contributed by atoms with Crippen molar-refractivity contribution in [3.8, 4) is 0 Å². The standard InChI is InChI=1S/C11H22BNO4/c1-13-9-4-6-11(8-9,10(14)15)5-2-3-7-12(16)17/h9,13,16-17H,2-8H2,1H3,(H,14,15)/t9-,11-/m0/s1. The second-order valence-corrected chi connectivity index (χ2v) is 5.04.